The number of benzene rings is 1. The van der Waals surface area contributed by atoms with Crippen molar-refractivity contribution in [1.82, 2.24) is 5.32 Å². The quantitative estimate of drug-likeness (QED) is 0.929. The van der Waals surface area contributed by atoms with Crippen molar-refractivity contribution in [3.05, 3.63) is 24.3 Å². The van der Waals surface area contributed by atoms with Crippen LogP contribution in [0.2, 0.25) is 0 Å². The molecule has 0 bridgehead atoms. The highest BCUT2D eigenvalue weighted by molar-refractivity contribution is 7.92. The highest BCUT2D eigenvalue weighted by atomic mass is 32.2. The van der Waals surface area contributed by atoms with Gasteiger partial charge < -0.3 is 10.1 Å². The fourth-order valence-corrected chi connectivity index (χ4v) is 2.88. The molecule has 0 radical (unpaired) electrons. The van der Waals surface area contributed by atoms with Gasteiger partial charge in [0.1, 0.15) is 16.7 Å². The molecule has 1 aliphatic heterocycles. The summed E-state index contributed by atoms with van der Waals surface area (Å²) < 4.78 is 66.3. The molecule has 1 aromatic rings. The van der Waals surface area contributed by atoms with Gasteiger partial charge in [-0.2, -0.15) is 13.2 Å². The molecule has 20 heavy (non-hydrogen) atoms. The number of alkyl halides is 3. The Morgan fingerprint density at radius 2 is 1.95 bits per heavy atom. The van der Waals surface area contributed by atoms with E-state index in [4.69, 9.17) is 4.74 Å². The van der Waals surface area contributed by atoms with E-state index in [1.54, 1.807) is 0 Å². The molecule has 8 heteroatoms. The summed E-state index contributed by atoms with van der Waals surface area (Å²) >= 11 is 0. The van der Waals surface area contributed by atoms with Gasteiger partial charge in [-0.3, -0.25) is 0 Å². The Kier molecular flexibility index (Phi) is 4.24. The number of sulfone groups is 1. The molecule has 4 nitrogen and oxygen atoms in total. The Hall–Kier alpha value is -1.28. The first-order valence-corrected chi connectivity index (χ1v) is 7.58. The normalized spacial score (nSPS) is 20.6. The average molecular weight is 309 g/mol. The van der Waals surface area contributed by atoms with Gasteiger partial charge >= 0.3 is 5.51 Å². The van der Waals surface area contributed by atoms with Crippen LogP contribution >= 0.6 is 0 Å². The zero-order chi connectivity index (χ0) is 14.8. The predicted molar refractivity (Wildman–Crippen MR) is 66.2 cm³/mol. The molecule has 1 heterocycles. The number of rotatable bonds is 3. The lowest BCUT2D eigenvalue weighted by Gasteiger charge is -2.25. The topological polar surface area (TPSA) is 55.4 Å². The highest BCUT2D eigenvalue weighted by Crippen LogP contribution is 2.35. The van der Waals surface area contributed by atoms with Crippen molar-refractivity contribution in [2.75, 3.05) is 13.1 Å². The summed E-state index contributed by atoms with van der Waals surface area (Å²) in [5, 5.41) is 3.05. The van der Waals surface area contributed by atoms with Gasteiger partial charge in [0, 0.05) is 6.54 Å². The van der Waals surface area contributed by atoms with Crippen LogP contribution in [0.4, 0.5) is 13.2 Å². The summed E-state index contributed by atoms with van der Waals surface area (Å²) in [4.78, 5) is -0.835. The Labute approximate surface area is 114 Å². The summed E-state index contributed by atoms with van der Waals surface area (Å²) in [7, 11) is -5.40. The van der Waals surface area contributed by atoms with E-state index in [-0.39, 0.29) is 11.9 Å². The number of nitrogens with one attached hydrogen (secondary N) is 1. The van der Waals surface area contributed by atoms with Gasteiger partial charge in [-0.25, -0.2) is 8.42 Å². The van der Waals surface area contributed by atoms with E-state index in [9.17, 15) is 21.6 Å². The molecule has 0 amide bonds. The van der Waals surface area contributed by atoms with Crippen LogP contribution in [0, 0.1) is 0 Å². The number of hydrogen-bond acceptors (Lipinski definition) is 4. The maximum absolute atomic E-state index is 12.6. The van der Waals surface area contributed by atoms with Gasteiger partial charge in [0.2, 0.25) is 0 Å². The van der Waals surface area contributed by atoms with Crippen molar-refractivity contribution in [2.24, 2.45) is 0 Å². The van der Waals surface area contributed by atoms with Gasteiger partial charge in [-0.15, -0.1) is 0 Å². The van der Waals surface area contributed by atoms with Crippen LogP contribution in [0.1, 0.15) is 12.8 Å². The highest BCUT2D eigenvalue weighted by Gasteiger charge is 2.48. The number of para-hydroxylation sites is 1. The first-order valence-electron chi connectivity index (χ1n) is 6.10. The SMILES string of the molecule is O=S(=O)(c1ccccc1O[C@H]1CCCNC1)C(F)(F)F. The summed E-state index contributed by atoms with van der Waals surface area (Å²) in [6, 6.07) is 4.84. The molecule has 1 aromatic carbocycles. The van der Waals surface area contributed by atoms with Crippen molar-refractivity contribution >= 4 is 9.84 Å². The standard InChI is InChI=1S/C12H14F3NO3S/c13-12(14,15)20(17,18)11-6-2-1-5-10(11)19-9-4-3-7-16-8-9/h1-2,5-6,9,16H,3-4,7-8H2/t9-/m0/s1. The smallest absolute Gasteiger partial charge is 0.488 e. The van der Waals surface area contributed by atoms with E-state index in [2.05, 4.69) is 5.32 Å². The third-order valence-corrected chi connectivity index (χ3v) is 4.51. The molecule has 1 atom stereocenters. The lowest BCUT2D eigenvalue weighted by molar-refractivity contribution is -0.0437. The molecule has 0 spiro atoms. The zero-order valence-corrected chi connectivity index (χ0v) is 11.3. The van der Waals surface area contributed by atoms with Gasteiger partial charge in [-0.05, 0) is 31.5 Å². The number of ether oxygens (including phenoxy) is 1. The van der Waals surface area contributed by atoms with Crippen molar-refractivity contribution < 1.29 is 26.3 Å². The van der Waals surface area contributed by atoms with E-state index >= 15 is 0 Å². The largest absolute Gasteiger partial charge is 0.502 e. The van der Waals surface area contributed by atoms with Crippen LogP contribution in [-0.2, 0) is 9.84 Å². The lowest BCUT2D eigenvalue weighted by atomic mass is 10.1. The zero-order valence-electron chi connectivity index (χ0n) is 10.5. The van der Waals surface area contributed by atoms with Crippen molar-refractivity contribution in [2.45, 2.75) is 29.3 Å². The molecule has 1 N–H and O–H groups in total. The van der Waals surface area contributed by atoms with Crippen LogP contribution in [0.5, 0.6) is 5.75 Å². The summed E-state index contributed by atoms with van der Waals surface area (Å²) in [5.41, 5.74) is -5.34. The Balaban J connectivity index is 2.31. The minimum atomic E-state index is -5.40. The predicted octanol–water partition coefficient (Wildman–Crippen LogP) is 2.11. The molecule has 112 valence electrons. The van der Waals surface area contributed by atoms with E-state index in [1.807, 2.05) is 0 Å². The minimum Gasteiger partial charge on any atom is -0.488 e. The van der Waals surface area contributed by atoms with Gasteiger partial charge in [0.15, 0.2) is 0 Å². The van der Waals surface area contributed by atoms with Gasteiger partial charge in [-0.1, -0.05) is 12.1 Å². The molecule has 0 aromatic heterocycles. The molecule has 0 saturated carbocycles. The third-order valence-electron chi connectivity index (χ3n) is 2.99. The van der Waals surface area contributed by atoms with Crippen molar-refractivity contribution in [1.29, 1.82) is 0 Å². The second-order valence-electron chi connectivity index (χ2n) is 4.48. The Bertz CT molecular complexity index is 566. The van der Waals surface area contributed by atoms with Crippen molar-refractivity contribution in [3.8, 4) is 5.75 Å². The Morgan fingerprint density at radius 1 is 1.25 bits per heavy atom. The molecule has 0 aliphatic carbocycles. The van der Waals surface area contributed by atoms with E-state index in [1.165, 1.54) is 18.2 Å². The monoisotopic (exact) mass is 309 g/mol. The first kappa shape index (κ1) is 15.1. The molecule has 1 aliphatic rings. The second-order valence-corrected chi connectivity index (χ2v) is 6.39. The van der Waals surface area contributed by atoms with Crippen LogP contribution in [-0.4, -0.2) is 33.1 Å². The van der Waals surface area contributed by atoms with Crippen LogP contribution in [0.15, 0.2) is 29.2 Å². The maximum atomic E-state index is 12.6. The second kappa shape index (κ2) is 5.61. The van der Waals surface area contributed by atoms with Gasteiger partial charge in [0.05, 0.1) is 0 Å². The molecular weight excluding hydrogens is 295 g/mol. The van der Waals surface area contributed by atoms with E-state index in [0.29, 0.717) is 13.0 Å². The molecular formula is C12H14F3NO3S. The van der Waals surface area contributed by atoms with Crippen LogP contribution in [0.25, 0.3) is 0 Å². The lowest BCUT2D eigenvalue weighted by Crippen LogP contribution is -2.37. The summed E-state index contributed by atoms with van der Waals surface area (Å²) in [6.07, 6.45) is 1.18. The van der Waals surface area contributed by atoms with E-state index < -0.39 is 20.2 Å². The summed E-state index contributed by atoms with van der Waals surface area (Å²) in [6.45, 7) is 1.31. The molecule has 2 rings (SSSR count). The average Bonchev–Trinajstić information content (AvgIpc) is 2.39. The maximum Gasteiger partial charge on any atom is 0.502 e. The fourth-order valence-electron chi connectivity index (χ4n) is 1.99. The van der Waals surface area contributed by atoms with Crippen molar-refractivity contribution in [3.63, 3.8) is 0 Å². The number of halogens is 3. The van der Waals surface area contributed by atoms with E-state index in [0.717, 1.165) is 19.0 Å². The van der Waals surface area contributed by atoms with Crippen LogP contribution in [0.3, 0.4) is 0 Å². The van der Waals surface area contributed by atoms with Crippen LogP contribution < -0.4 is 10.1 Å². The fraction of sp³-hybridized carbons (Fsp3) is 0.500. The third kappa shape index (κ3) is 3.06. The number of piperidine rings is 1. The molecule has 0 unspecified atom stereocenters. The minimum absolute atomic E-state index is 0.251. The Morgan fingerprint density at radius 3 is 2.55 bits per heavy atom. The number of hydrogen-bond donors (Lipinski definition) is 1. The molecule has 1 fully saturated rings. The first-order chi connectivity index (χ1) is 9.32. The summed E-state index contributed by atoms with van der Waals surface area (Å²) in [5.74, 6) is -0.251. The molecule has 1 saturated heterocycles. The van der Waals surface area contributed by atoms with Gasteiger partial charge in [0.25, 0.3) is 9.84 Å².